The van der Waals surface area contributed by atoms with Crippen LogP contribution in [0.1, 0.15) is 38.8 Å². The first-order valence-corrected chi connectivity index (χ1v) is 8.49. The molecule has 0 spiro atoms. The summed E-state index contributed by atoms with van der Waals surface area (Å²) < 4.78 is 17.0. The Morgan fingerprint density at radius 1 is 1.22 bits per heavy atom. The molecule has 1 aliphatic heterocycles. The van der Waals surface area contributed by atoms with Gasteiger partial charge in [-0.25, -0.2) is 4.79 Å². The molecule has 0 aromatic heterocycles. The fraction of sp³-hybridized carbons (Fsp3) is 0.421. The van der Waals surface area contributed by atoms with Crippen molar-refractivity contribution in [2.75, 3.05) is 13.7 Å². The number of phenolic OH excluding ortho intramolecular Hbond substituents is 1. The van der Waals surface area contributed by atoms with E-state index in [-0.39, 0.29) is 18.1 Å². The van der Waals surface area contributed by atoms with E-state index in [1.54, 1.807) is 12.1 Å². The van der Waals surface area contributed by atoms with Crippen LogP contribution in [0.25, 0.3) is 12.2 Å². The molecule has 0 aliphatic carbocycles. The lowest BCUT2D eigenvalue weighted by molar-refractivity contribution is -0.131. The number of hydrogen-bond donors (Lipinski definition) is 3. The molecule has 1 fully saturated rings. The number of rotatable bonds is 6. The number of ether oxygens (including phenoxy) is 1. The summed E-state index contributed by atoms with van der Waals surface area (Å²) in [5, 5.41) is 29.0. The van der Waals surface area contributed by atoms with Crippen LogP contribution in [0.5, 0.6) is 11.5 Å². The molecule has 0 bridgehead atoms. The van der Waals surface area contributed by atoms with E-state index >= 15 is 0 Å². The second kappa shape index (κ2) is 7.76. The molecule has 0 atom stereocenters. The van der Waals surface area contributed by atoms with Crippen molar-refractivity contribution in [3.8, 4) is 11.5 Å². The molecule has 0 unspecified atom stereocenters. The normalized spacial score (nSPS) is 18.9. The van der Waals surface area contributed by atoms with Crippen LogP contribution in [0.4, 0.5) is 0 Å². The Hall–Kier alpha value is -2.29. The molecular weight excluding hydrogens is 351 g/mol. The molecule has 1 aromatic carbocycles. The summed E-state index contributed by atoms with van der Waals surface area (Å²) in [6.45, 7) is 7.27. The number of carbonyl (C=O) groups is 1. The molecule has 0 radical (unpaired) electrons. The number of aliphatic hydroxyl groups is 1. The van der Waals surface area contributed by atoms with E-state index in [9.17, 15) is 15.0 Å². The first kappa shape index (κ1) is 21.0. The predicted octanol–water partition coefficient (Wildman–Crippen LogP) is 2.51. The lowest BCUT2D eigenvalue weighted by atomic mass is 9.77. The zero-order chi connectivity index (χ0) is 20.4. The highest BCUT2D eigenvalue weighted by molar-refractivity contribution is 6.55. The SMILES string of the molecule is COc1cc(C=CC(=O)O)cc(C=C(CO)B2OC(C)(C)C(C)(C)O2)c1O. The van der Waals surface area contributed by atoms with Crippen molar-refractivity contribution >= 4 is 25.2 Å². The van der Waals surface area contributed by atoms with E-state index in [4.69, 9.17) is 19.2 Å². The molecule has 1 saturated heterocycles. The Labute approximate surface area is 159 Å². The minimum atomic E-state index is -1.09. The molecule has 1 heterocycles. The number of carboxylic acids is 1. The average Bonchev–Trinajstić information content (AvgIpc) is 2.80. The summed E-state index contributed by atoms with van der Waals surface area (Å²) in [7, 11) is 0.623. The second-order valence-corrected chi connectivity index (χ2v) is 7.30. The summed E-state index contributed by atoms with van der Waals surface area (Å²) in [5.41, 5.74) is 0.142. The van der Waals surface area contributed by atoms with Gasteiger partial charge in [-0.3, -0.25) is 0 Å². The fourth-order valence-corrected chi connectivity index (χ4v) is 2.56. The van der Waals surface area contributed by atoms with Crippen LogP contribution in [0.2, 0.25) is 0 Å². The third kappa shape index (κ3) is 4.52. The van der Waals surface area contributed by atoms with Gasteiger partial charge in [0.25, 0.3) is 0 Å². The van der Waals surface area contributed by atoms with Gasteiger partial charge in [0.05, 0.1) is 24.9 Å². The van der Waals surface area contributed by atoms with Crippen molar-refractivity contribution in [3.05, 3.63) is 34.8 Å². The Balaban J connectivity index is 2.46. The number of methoxy groups -OCH3 is 1. The summed E-state index contributed by atoms with van der Waals surface area (Å²) in [6, 6.07) is 3.09. The van der Waals surface area contributed by atoms with Gasteiger partial charge < -0.3 is 29.4 Å². The van der Waals surface area contributed by atoms with Gasteiger partial charge in [-0.1, -0.05) is 6.08 Å². The number of carboxylic acid groups (broad SMARTS) is 1. The highest BCUT2D eigenvalue weighted by atomic mass is 16.7. The van der Waals surface area contributed by atoms with Crippen molar-refractivity contribution in [2.45, 2.75) is 38.9 Å². The number of aromatic hydroxyl groups is 1. The van der Waals surface area contributed by atoms with Gasteiger partial charge in [-0.05, 0) is 56.9 Å². The number of aliphatic carboxylic acids is 1. The molecular formula is C19H25BO7. The highest BCUT2D eigenvalue weighted by Crippen LogP contribution is 2.40. The van der Waals surface area contributed by atoms with Crippen LogP contribution in [-0.2, 0) is 14.1 Å². The molecule has 3 N–H and O–H groups in total. The van der Waals surface area contributed by atoms with Crippen LogP contribution < -0.4 is 4.74 Å². The number of aliphatic hydroxyl groups excluding tert-OH is 1. The average molecular weight is 376 g/mol. The third-order valence-electron chi connectivity index (χ3n) is 4.84. The van der Waals surface area contributed by atoms with Gasteiger partial charge in [0.2, 0.25) is 0 Å². The van der Waals surface area contributed by atoms with Gasteiger partial charge in [0.1, 0.15) is 0 Å². The Bertz CT molecular complexity index is 765. The summed E-state index contributed by atoms with van der Waals surface area (Å²) >= 11 is 0. The van der Waals surface area contributed by atoms with Crippen LogP contribution in [-0.4, -0.2) is 53.3 Å². The van der Waals surface area contributed by atoms with Crippen molar-refractivity contribution in [3.63, 3.8) is 0 Å². The van der Waals surface area contributed by atoms with Gasteiger partial charge in [0.15, 0.2) is 11.5 Å². The van der Waals surface area contributed by atoms with Gasteiger partial charge in [-0.15, -0.1) is 0 Å². The highest BCUT2D eigenvalue weighted by Gasteiger charge is 2.52. The van der Waals surface area contributed by atoms with Crippen molar-refractivity contribution in [2.24, 2.45) is 0 Å². The molecule has 8 heteroatoms. The van der Waals surface area contributed by atoms with E-state index in [2.05, 4.69) is 0 Å². The molecule has 0 saturated carbocycles. The monoisotopic (exact) mass is 376 g/mol. The van der Waals surface area contributed by atoms with Gasteiger partial charge in [0, 0.05) is 11.6 Å². The maximum absolute atomic E-state index is 10.8. The van der Waals surface area contributed by atoms with E-state index in [1.165, 1.54) is 19.3 Å². The zero-order valence-electron chi connectivity index (χ0n) is 16.1. The van der Waals surface area contributed by atoms with E-state index < -0.39 is 24.3 Å². The Morgan fingerprint density at radius 2 is 1.81 bits per heavy atom. The van der Waals surface area contributed by atoms with Crippen LogP contribution in [0, 0.1) is 0 Å². The van der Waals surface area contributed by atoms with Crippen LogP contribution >= 0.6 is 0 Å². The topological polar surface area (TPSA) is 105 Å². The largest absolute Gasteiger partial charge is 0.504 e. The molecule has 2 rings (SSSR count). The number of hydrogen-bond acceptors (Lipinski definition) is 6. The Morgan fingerprint density at radius 3 is 2.30 bits per heavy atom. The van der Waals surface area contributed by atoms with E-state index in [1.807, 2.05) is 27.7 Å². The molecule has 7 nitrogen and oxygen atoms in total. The van der Waals surface area contributed by atoms with Crippen LogP contribution in [0.15, 0.2) is 23.7 Å². The summed E-state index contributed by atoms with van der Waals surface area (Å²) in [5.74, 6) is -1.04. The van der Waals surface area contributed by atoms with E-state index in [0.717, 1.165) is 6.08 Å². The fourth-order valence-electron chi connectivity index (χ4n) is 2.56. The standard InChI is InChI=1S/C19H25BO7/c1-18(2)19(3,4)27-20(26-18)14(11-21)10-13-8-12(6-7-16(22)23)9-15(25-5)17(13)24/h6-10,21,24H,11H2,1-5H3,(H,22,23). The lowest BCUT2D eigenvalue weighted by Gasteiger charge is -2.32. The quantitative estimate of drug-likeness (QED) is 0.518. The maximum atomic E-state index is 10.8. The minimum Gasteiger partial charge on any atom is -0.504 e. The molecule has 0 amide bonds. The molecule has 27 heavy (non-hydrogen) atoms. The molecule has 1 aliphatic rings. The lowest BCUT2D eigenvalue weighted by Crippen LogP contribution is -2.41. The predicted molar refractivity (Wildman–Crippen MR) is 102 cm³/mol. The van der Waals surface area contributed by atoms with E-state index in [0.29, 0.717) is 16.6 Å². The maximum Gasteiger partial charge on any atom is 0.492 e. The summed E-state index contributed by atoms with van der Waals surface area (Å²) in [6.07, 6.45) is 3.92. The van der Waals surface area contributed by atoms with Gasteiger partial charge in [-0.2, -0.15) is 0 Å². The van der Waals surface area contributed by atoms with Crippen molar-refractivity contribution in [1.29, 1.82) is 0 Å². The zero-order valence-corrected chi connectivity index (χ0v) is 16.1. The second-order valence-electron chi connectivity index (χ2n) is 7.30. The Kier molecular flexibility index (Phi) is 6.04. The van der Waals surface area contributed by atoms with Crippen molar-refractivity contribution in [1.82, 2.24) is 0 Å². The first-order chi connectivity index (χ1) is 12.5. The number of benzene rings is 1. The summed E-state index contributed by atoms with van der Waals surface area (Å²) in [4.78, 5) is 10.8. The van der Waals surface area contributed by atoms with Crippen LogP contribution in [0.3, 0.4) is 0 Å². The minimum absolute atomic E-state index is 0.132. The third-order valence-corrected chi connectivity index (χ3v) is 4.84. The van der Waals surface area contributed by atoms with Crippen molar-refractivity contribution < 1.29 is 34.2 Å². The van der Waals surface area contributed by atoms with Gasteiger partial charge >= 0.3 is 13.1 Å². The molecule has 146 valence electrons. The smallest absolute Gasteiger partial charge is 0.492 e. The first-order valence-electron chi connectivity index (χ1n) is 8.49. The molecule has 1 aromatic rings. The number of phenols is 1.